The van der Waals surface area contributed by atoms with Crippen LogP contribution in [0.5, 0.6) is 5.75 Å². The summed E-state index contributed by atoms with van der Waals surface area (Å²) in [4.78, 5) is 14.6. The van der Waals surface area contributed by atoms with E-state index in [2.05, 4.69) is 10.3 Å². The number of aryl methyl sites for hydroxylation is 1. The van der Waals surface area contributed by atoms with Crippen LogP contribution < -0.4 is 15.0 Å². The molecule has 19 heavy (non-hydrogen) atoms. The van der Waals surface area contributed by atoms with Crippen molar-refractivity contribution in [2.75, 3.05) is 6.61 Å². The second-order valence-electron chi connectivity index (χ2n) is 4.29. The van der Waals surface area contributed by atoms with E-state index in [4.69, 9.17) is 4.74 Å². The minimum absolute atomic E-state index is 0.0278. The Bertz CT molecular complexity index is 541. The Morgan fingerprint density at radius 1 is 1.32 bits per heavy atom. The Morgan fingerprint density at radius 2 is 2.21 bits per heavy atom. The molecule has 1 amide bonds. The van der Waals surface area contributed by atoms with Gasteiger partial charge in [0.25, 0.3) is 5.91 Å². The molecule has 0 unspecified atom stereocenters. The summed E-state index contributed by atoms with van der Waals surface area (Å²) in [5.41, 5.74) is 2.13. The van der Waals surface area contributed by atoms with Gasteiger partial charge in [-0.15, -0.1) is 0 Å². The summed E-state index contributed by atoms with van der Waals surface area (Å²) in [7, 11) is 0. The van der Waals surface area contributed by atoms with Gasteiger partial charge in [-0.1, -0.05) is 12.1 Å². The number of carbonyl (C=O) groups excluding carboxylic acids is 1. The number of aromatic amines is 1. The molecule has 2 aromatic rings. The third kappa shape index (κ3) is 4.43. The number of amides is 1. The second kappa shape index (κ2) is 6.54. The van der Waals surface area contributed by atoms with Gasteiger partial charge in [0.15, 0.2) is 19.0 Å². The van der Waals surface area contributed by atoms with Crippen LogP contribution in [0.2, 0.25) is 0 Å². The minimum Gasteiger partial charge on any atom is -0.484 e. The lowest BCUT2D eigenvalue weighted by molar-refractivity contribution is -0.378. The van der Waals surface area contributed by atoms with Crippen LogP contribution in [0.1, 0.15) is 11.1 Å². The van der Waals surface area contributed by atoms with E-state index >= 15 is 0 Å². The maximum absolute atomic E-state index is 11.6. The van der Waals surface area contributed by atoms with Gasteiger partial charge in [0.05, 0.1) is 0 Å². The Labute approximate surface area is 112 Å². The Kier molecular flexibility index (Phi) is 4.50. The highest BCUT2D eigenvalue weighted by atomic mass is 16.5. The number of nitrogens with one attached hydrogen (secondary N) is 2. The molecule has 0 radical (unpaired) electrons. The van der Waals surface area contributed by atoms with Gasteiger partial charge in [-0.05, 0) is 30.7 Å². The number of H-pyrrole nitrogens is 1. The average molecular weight is 257 g/mol. The lowest BCUT2D eigenvalue weighted by Gasteiger charge is -2.07. The van der Waals surface area contributed by atoms with Crippen LogP contribution in [-0.2, 0) is 11.3 Å². The van der Waals surface area contributed by atoms with Gasteiger partial charge in [-0.25, -0.2) is 4.98 Å². The van der Waals surface area contributed by atoms with Crippen molar-refractivity contribution in [1.29, 1.82) is 0 Å². The zero-order chi connectivity index (χ0) is 13.5. The molecule has 0 bridgehead atoms. The number of benzene rings is 1. The molecule has 2 N–H and O–H groups in total. The quantitative estimate of drug-likeness (QED) is 0.882. The largest absolute Gasteiger partial charge is 0.484 e. The average Bonchev–Trinajstić information content (AvgIpc) is 2.44. The SMILES string of the molecule is Cc1cccc(OCC(=O)NCc2ccc[nH+]c2)c1. The van der Waals surface area contributed by atoms with Crippen LogP contribution in [0.3, 0.4) is 0 Å². The molecule has 0 fully saturated rings. The van der Waals surface area contributed by atoms with Crippen LogP contribution in [0.4, 0.5) is 0 Å². The molecule has 2 rings (SSSR count). The van der Waals surface area contributed by atoms with Gasteiger partial charge in [0.1, 0.15) is 5.75 Å². The van der Waals surface area contributed by atoms with Crippen molar-refractivity contribution in [2.24, 2.45) is 0 Å². The number of hydrogen-bond acceptors (Lipinski definition) is 2. The molecule has 4 heteroatoms. The van der Waals surface area contributed by atoms with E-state index < -0.39 is 0 Å². The molecular weight excluding hydrogens is 240 g/mol. The summed E-state index contributed by atoms with van der Waals surface area (Å²) in [5, 5.41) is 2.80. The van der Waals surface area contributed by atoms with Crippen molar-refractivity contribution >= 4 is 5.91 Å². The van der Waals surface area contributed by atoms with E-state index in [9.17, 15) is 4.79 Å². The fourth-order valence-electron chi connectivity index (χ4n) is 1.65. The zero-order valence-corrected chi connectivity index (χ0v) is 10.8. The number of hydrogen-bond donors (Lipinski definition) is 1. The number of rotatable bonds is 5. The maximum Gasteiger partial charge on any atom is 0.258 e. The van der Waals surface area contributed by atoms with Crippen molar-refractivity contribution < 1.29 is 14.5 Å². The van der Waals surface area contributed by atoms with Gasteiger partial charge in [0, 0.05) is 18.2 Å². The van der Waals surface area contributed by atoms with Gasteiger partial charge in [0.2, 0.25) is 0 Å². The van der Waals surface area contributed by atoms with Gasteiger partial charge in [-0.3, -0.25) is 4.79 Å². The summed E-state index contributed by atoms with van der Waals surface area (Å²) in [6.45, 7) is 2.51. The third-order valence-electron chi connectivity index (χ3n) is 2.62. The maximum atomic E-state index is 11.6. The van der Waals surface area contributed by atoms with E-state index in [1.807, 2.05) is 55.7 Å². The van der Waals surface area contributed by atoms with E-state index in [0.717, 1.165) is 11.1 Å². The van der Waals surface area contributed by atoms with Gasteiger partial charge in [-0.2, -0.15) is 0 Å². The standard InChI is InChI=1S/C15H16N2O2/c1-12-4-2-6-14(8-12)19-11-15(18)17-10-13-5-3-7-16-9-13/h2-9H,10-11H2,1H3,(H,17,18)/p+1. The monoisotopic (exact) mass is 257 g/mol. The molecule has 0 aliphatic heterocycles. The molecule has 0 aliphatic rings. The van der Waals surface area contributed by atoms with Crippen molar-refractivity contribution in [3.63, 3.8) is 0 Å². The first-order valence-corrected chi connectivity index (χ1v) is 6.15. The summed E-state index contributed by atoms with van der Waals surface area (Å²) < 4.78 is 5.42. The Morgan fingerprint density at radius 3 is 2.95 bits per heavy atom. The summed E-state index contributed by atoms with van der Waals surface area (Å²) in [6.07, 6.45) is 3.67. The molecular formula is C15H17N2O2+. The Hall–Kier alpha value is -2.36. The highest BCUT2D eigenvalue weighted by Gasteiger charge is 2.03. The molecule has 0 atom stereocenters. The first-order valence-electron chi connectivity index (χ1n) is 6.15. The smallest absolute Gasteiger partial charge is 0.258 e. The summed E-state index contributed by atoms with van der Waals surface area (Å²) in [5.74, 6) is 0.577. The topological polar surface area (TPSA) is 52.5 Å². The molecule has 4 nitrogen and oxygen atoms in total. The predicted molar refractivity (Wildman–Crippen MR) is 71.5 cm³/mol. The lowest BCUT2D eigenvalue weighted by Crippen LogP contribution is -2.28. The molecule has 98 valence electrons. The number of pyridine rings is 1. The van der Waals surface area contributed by atoms with Gasteiger partial charge < -0.3 is 10.1 Å². The van der Waals surface area contributed by atoms with Crippen molar-refractivity contribution in [3.8, 4) is 5.75 Å². The van der Waals surface area contributed by atoms with E-state index in [1.54, 1.807) is 0 Å². The van der Waals surface area contributed by atoms with Crippen molar-refractivity contribution in [2.45, 2.75) is 13.5 Å². The number of aromatic nitrogens is 1. The fraction of sp³-hybridized carbons (Fsp3) is 0.200. The van der Waals surface area contributed by atoms with Crippen molar-refractivity contribution in [3.05, 3.63) is 59.9 Å². The molecule has 0 spiro atoms. The first-order chi connectivity index (χ1) is 9.24. The van der Waals surface area contributed by atoms with Crippen LogP contribution in [0.15, 0.2) is 48.8 Å². The highest BCUT2D eigenvalue weighted by molar-refractivity contribution is 5.77. The normalized spacial score (nSPS) is 9.95. The van der Waals surface area contributed by atoms with Crippen LogP contribution >= 0.6 is 0 Å². The molecule has 1 heterocycles. The second-order valence-corrected chi connectivity index (χ2v) is 4.29. The number of carbonyl (C=O) groups is 1. The highest BCUT2D eigenvalue weighted by Crippen LogP contribution is 2.11. The number of ether oxygens (including phenoxy) is 1. The summed E-state index contributed by atoms with van der Waals surface area (Å²) in [6, 6.07) is 11.5. The van der Waals surface area contributed by atoms with Crippen LogP contribution in [0, 0.1) is 6.92 Å². The first kappa shape index (κ1) is 13.1. The molecule has 0 saturated heterocycles. The Balaban J connectivity index is 1.76. The van der Waals surface area contributed by atoms with E-state index in [1.165, 1.54) is 0 Å². The van der Waals surface area contributed by atoms with Crippen molar-refractivity contribution in [1.82, 2.24) is 5.32 Å². The lowest BCUT2D eigenvalue weighted by atomic mass is 10.2. The summed E-state index contributed by atoms with van der Waals surface area (Å²) >= 11 is 0. The van der Waals surface area contributed by atoms with Crippen LogP contribution in [0.25, 0.3) is 0 Å². The van der Waals surface area contributed by atoms with E-state index in [-0.39, 0.29) is 12.5 Å². The molecule has 1 aromatic heterocycles. The third-order valence-corrected chi connectivity index (χ3v) is 2.62. The zero-order valence-electron chi connectivity index (χ0n) is 10.8. The van der Waals surface area contributed by atoms with E-state index in [0.29, 0.717) is 12.3 Å². The van der Waals surface area contributed by atoms with Gasteiger partial charge >= 0.3 is 0 Å². The molecule has 0 saturated carbocycles. The molecule has 1 aromatic carbocycles. The van der Waals surface area contributed by atoms with Crippen LogP contribution in [-0.4, -0.2) is 12.5 Å². The molecule has 0 aliphatic carbocycles. The minimum atomic E-state index is -0.134. The fourth-order valence-corrected chi connectivity index (χ4v) is 1.65. The predicted octanol–water partition coefficient (Wildman–Crippen LogP) is 1.50.